The summed E-state index contributed by atoms with van der Waals surface area (Å²) in [5, 5.41) is 25.4. The SMILES string of the molecule is Cc1nn(C)cc1[N+](=O)[O-].O=CNCCCCOc1cc(-c2nc(C(=O)O)co2)ccn1. The van der Waals surface area contributed by atoms with Gasteiger partial charge >= 0.3 is 11.7 Å². The van der Waals surface area contributed by atoms with Crippen molar-refractivity contribution in [1.82, 2.24) is 25.1 Å². The molecule has 0 radical (unpaired) electrons. The molecule has 13 heteroatoms. The highest BCUT2D eigenvalue weighted by Gasteiger charge is 2.13. The lowest BCUT2D eigenvalue weighted by atomic mass is 10.2. The van der Waals surface area contributed by atoms with E-state index in [1.807, 2.05) is 0 Å². The van der Waals surface area contributed by atoms with Crippen LogP contribution in [0, 0.1) is 17.0 Å². The van der Waals surface area contributed by atoms with Crippen LogP contribution in [0.3, 0.4) is 0 Å². The van der Waals surface area contributed by atoms with E-state index in [4.69, 9.17) is 14.3 Å². The molecule has 0 fully saturated rings. The molecular formula is C19H22N6O7. The van der Waals surface area contributed by atoms with Gasteiger partial charge in [-0.15, -0.1) is 0 Å². The highest BCUT2D eigenvalue weighted by atomic mass is 16.6. The lowest BCUT2D eigenvalue weighted by Crippen LogP contribution is -2.13. The number of amides is 1. The largest absolute Gasteiger partial charge is 0.478 e. The van der Waals surface area contributed by atoms with Gasteiger partial charge < -0.3 is 19.6 Å². The lowest BCUT2D eigenvalue weighted by Gasteiger charge is -2.05. The van der Waals surface area contributed by atoms with Crippen LogP contribution < -0.4 is 10.1 Å². The number of aryl methyl sites for hydroxylation is 2. The topological polar surface area (TPSA) is 176 Å². The summed E-state index contributed by atoms with van der Waals surface area (Å²) in [5.74, 6) is -0.555. The van der Waals surface area contributed by atoms with Gasteiger partial charge in [0.25, 0.3) is 0 Å². The molecule has 3 aromatic rings. The van der Waals surface area contributed by atoms with Gasteiger partial charge in [-0.1, -0.05) is 0 Å². The van der Waals surface area contributed by atoms with Crippen LogP contribution in [0.1, 0.15) is 29.0 Å². The molecule has 0 atom stereocenters. The molecule has 0 bridgehead atoms. The van der Waals surface area contributed by atoms with Gasteiger partial charge in [-0.25, -0.2) is 14.8 Å². The molecule has 0 saturated heterocycles. The zero-order chi connectivity index (χ0) is 23.5. The number of nitrogens with one attached hydrogen (secondary N) is 1. The van der Waals surface area contributed by atoms with Gasteiger partial charge in [-0.2, -0.15) is 5.10 Å². The number of hydrogen-bond donors (Lipinski definition) is 2. The van der Waals surface area contributed by atoms with Crippen molar-refractivity contribution in [3.63, 3.8) is 0 Å². The number of ether oxygens (including phenoxy) is 1. The van der Waals surface area contributed by atoms with E-state index in [-0.39, 0.29) is 17.3 Å². The fraction of sp³-hybridized carbons (Fsp3) is 0.316. The molecule has 0 spiro atoms. The minimum Gasteiger partial charge on any atom is -0.478 e. The van der Waals surface area contributed by atoms with E-state index in [1.54, 1.807) is 26.1 Å². The second-order valence-corrected chi connectivity index (χ2v) is 6.38. The Balaban J connectivity index is 0.000000303. The Hall–Kier alpha value is -4.29. The third-order valence-electron chi connectivity index (χ3n) is 3.94. The maximum atomic E-state index is 10.8. The number of hydrogen-bond acceptors (Lipinski definition) is 9. The maximum absolute atomic E-state index is 10.8. The number of rotatable bonds is 10. The van der Waals surface area contributed by atoms with Crippen molar-refractivity contribution in [3.8, 4) is 17.3 Å². The number of nitrogens with zero attached hydrogens (tertiary/aromatic N) is 5. The van der Waals surface area contributed by atoms with Gasteiger partial charge in [0.1, 0.15) is 18.2 Å². The van der Waals surface area contributed by atoms with Crippen LogP contribution in [0.4, 0.5) is 5.69 Å². The van der Waals surface area contributed by atoms with E-state index >= 15 is 0 Å². The molecule has 32 heavy (non-hydrogen) atoms. The average Bonchev–Trinajstić information content (AvgIpc) is 3.38. The van der Waals surface area contributed by atoms with Gasteiger partial charge in [0.15, 0.2) is 5.69 Å². The summed E-state index contributed by atoms with van der Waals surface area (Å²) in [4.78, 5) is 38.5. The van der Waals surface area contributed by atoms with Crippen molar-refractivity contribution < 1.29 is 28.8 Å². The summed E-state index contributed by atoms with van der Waals surface area (Å²) in [7, 11) is 1.65. The number of carboxylic acids is 1. The van der Waals surface area contributed by atoms with Gasteiger partial charge in [0, 0.05) is 31.4 Å². The van der Waals surface area contributed by atoms with E-state index in [0.29, 0.717) is 36.7 Å². The lowest BCUT2D eigenvalue weighted by molar-refractivity contribution is -0.385. The van der Waals surface area contributed by atoms with Gasteiger partial charge in [0.2, 0.25) is 18.2 Å². The Labute approximate surface area is 182 Å². The van der Waals surface area contributed by atoms with Crippen LogP contribution >= 0.6 is 0 Å². The van der Waals surface area contributed by atoms with Crippen molar-refractivity contribution >= 4 is 18.1 Å². The number of aromatic carboxylic acids is 1. The zero-order valence-corrected chi connectivity index (χ0v) is 17.4. The molecule has 170 valence electrons. The van der Waals surface area contributed by atoms with E-state index in [0.717, 1.165) is 19.1 Å². The highest BCUT2D eigenvalue weighted by molar-refractivity contribution is 5.85. The van der Waals surface area contributed by atoms with E-state index in [9.17, 15) is 19.7 Å². The summed E-state index contributed by atoms with van der Waals surface area (Å²) in [6, 6.07) is 3.28. The average molecular weight is 446 g/mol. The number of carboxylic acid groups (broad SMARTS) is 1. The standard InChI is InChI=1S/C14H15N3O5.C5H7N3O2/c18-9-15-4-1-2-6-21-12-7-10(3-5-16-12)13-17-11(8-22-13)14(19)20;1-4-5(8(9)10)3-7(2)6-4/h3,5,7-9H,1-2,4,6H2,(H,15,18)(H,19,20);3H,1-2H3. The van der Waals surface area contributed by atoms with Crippen LogP contribution in [-0.4, -0.2) is 55.3 Å². The maximum Gasteiger partial charge on any atom is 0.357 e. The molecule has 0 aromatic carbocycles. The van der Waals surface area contributed by atoms with Gasteiger partial charge in [-0.05, 0) is 25.8 Å². The van der Waals surface area contributed by atoms with Crippen molar-refractivity contribution in [2.24, 2.45) is 7.05 Å². The molecule has 2 N–H and O–H groups in total. The van der Waals surface area contributed by atoms with Crippen molar-refractivity contribution in [1.29, 1.82) is 0 Å². The van der Waals surface area contributed by atoms with Crippen LogP contribution in [0.2, 0.25) is 0 Å². The quantitative estimate of drug-likeness (QED) is 0.203. The number of carbonyl (C=O) groups is 2. The first-order valence-corrected chi connectivity index (χ1v) is 9.41. The third kappa shape index (κ3) is 7.19. The molecule has 0 unspecified atom stereocenters. The van der Waals surface area contributed by atoms with Crippen LogP contribution in [0.15, 0.2) is 35.2 Å². The van der Waals surface area contributed by atoms with E-state index in [1.165, 1.54) is 17.1 Å². The molecule has 1 amide bonds. The second-order valence-electron chi connectivity index (χ2n) is 6.38. The molecule has 0 aliphatic rings. The fourth-order valence-corrected chi connectivity index (χ4v) is 2.46. The first-order chi connectivity index (χ1) is 15.3. The Morgan fingerprint density at radius 1 is 1.44 bits per heavy atom. The molecule has 0 aliphatic heterocycles. The monoisotopic (exact) mass is 446 g/mol. The third-order valence-corrected chi connectivity index (χ3v) is 3.94. The van der Waals surface area contributed by atoms with Crippen molar-refractivity contribution in [2.45, 2.75) is 19.8 Å². The molecule has 0 saturated carbocycles. The fourth-order valence-electron chi connectivity index (χ4n) is 2.46. The number of oxazole rings is 1. The second kappa shape index (κ2) is 11.8. The predicted molar refractivity (Wildman–Crippen MR) is 110 cm³/mol. The van der Waals surface area contributed by atoms with E-state index < -0.39 is 10.9 Å². The molecule has 0 aliphatic carbocycles. The van der Waals surface area contributed by atoms with Crippen LogP contribution in [-0.2, 0) is 11.8 Å². The highest BCUT2D eigenvalue weighted by Crippen LogP contribution is 2.21. The first-order valence-electron chi connectivity index (χ1n) is 9.41. The van der Waals surface area contributed by atoms with E-state index in [2.05, 4.69) is 20.4 Å². The Kier molecular flexibility index (Phi) is 8.83. The van der Waals surface area contributed by atoms with Crippen molar-refractivity contribution in [3.05, 3.63) is 52.3 Å². The Bertz CT molecular complexity index is 1060. The van der Waals surface area contributed by atoms with Crippen molar-refractivity contribution in [2.75, 3.05) is 13.2 Å². The number of nitro groups is 1. The molecular weight excluding hydrogens is 424 g/mol. The summed E-state index contributed by atoms with van der Waals surface area (Å²) >= 11 is 0. The summed E-state index contributed by atoms with van der Waals surface area (Å²) < 4.78 is 12.0. The molecule has 3 rings (SSSR count). The minimum atomic E-state index is -1.15. The molecule has 3 heterocycles. The predicted octanol–water partition coefficient (Wildman–Crippen LogP) is 1.98. The molecule has 3 aromatic heterocycles. The summed E-state index contributed by atoms with van der Waals surface area (Å²) in [6.07, 6.45) is 6.24. The number of carbonyl (C=O) groups excluding carboxylic acids is 1. The van der Waals surface area contributed by atoms with Gasteiger partial charge in [0.05, 0.1) is 11.5 Å². The minimum absolute atomic E-state index is 0.0718. The Morgan fingerprint density at radius 2 is 2.22 bits per heavy atom. The van der Waals surface area contributed by atoms with Gasteiger partial charge in [-0.3, -0.25) is 19.6 Å². The van der Waals surface area contributed by atoms with Crippen LogP contribution in [0.5, 0.6) is 5.88 Å². The molecule has 13 nitrogen and oxygen atoms in total. The normalized spacial score (nSPS) is 10.1. The smallest absolute Gasteiger partial charge is 0.357 e. The Morgan fingerprint density at radius 3 is 2.78 bits per heavy atom. The number of unbranched alkanes of at least 4 members (excludes halogenated alkanes) is 1. The van der Waals surface area contributed by atoms with Crippen LogP contribution in [0.25, 0.3) is 11.5 Å². The number of pyridine rings is 1. The summed E-state index contributed by atoms with van der Waals surface area (Å²) in [5.41, 5.74) is 0.951. The summed E-state index contributed by atoms with van der Waals surface area (Å²) in [6.45, 7) is 2.68. The zero-order valence-electron chi connectivity index (χ0n) is 17.4. The first kappa shape index (κ1) is 24.0. The number of aromatic nitrogens is 4.